The molecule has 0 amide bonds. The molecule has 1 N–H and O–H groups in total. The van der Waals surface area contributed by atoms with Crippen LogP contribution in [0.1, 0.15) is 57.1 Å². The van der Waals surface area contributed by atoms with Crippen LogP contribution in [0.25, 0.3) is 0 Å². The number of rotatable bonds is 6. The van der Waals surface area contributed by atoms with Crippen molar-refractivity contribution in [3.63, 3.8) is 0 Å². The van der Waals surface area contributed by atoms with Gasteiger partial charge in [0, 0.05) is 12.1 Å². The molecule has 0 aliphatic heterocycles. The minimum Gasteiger partial charge on any atom is -0.311 e. The largest absolute Gasteiger partial charge is 0.311 e. The molecule has 1 heteroatoms. The van der Waals surface area contributed by atoms with Crippen molar-refractivity contribution in [3.8, 4) is 0 Å². The first kappa shape index (κ1) is 13.6. The number of aryl methyl sites for hydroxylation is 1. The van der Waals surface area contributed by atoms with Gasteiger partial charge in [-0.1, -0.05) is 50.5 Å². The van der Waals surface area contributed by atoms with Crippen molar-refractivity contribution >= 4 is 0 Å². The van der Waals surface area contributed by atoms with Gasteiger partial charge in [0.25, 0.3) is 0 Å². The van der Waals surface area contributed by atoms with Crippen LogP contribution < -0.4 is 5.32 Å². The summed E-state index contributed by atoms with van der Waals surface area (Å²) in [6.45, 7) is 4.56. The highest BCUT2D eigenvalue weighted by atomic mass is 14.9. The van der Waals surface area contributed by atoms with Gasteiger partial charge in [0.2, 0.25) is 0 Å². The quantitative estimate of drug-likeness (QED) is 0.795. The van der Waals surface area contributed by atoms with Crippen molar-refractivity contribution in [2.45, 2.75) is 70.9 Å². The molecule has 2 rings (SSSR count). The normalized spacial score (nSPS) is 18.1. The van der Waals surface area contributed by atoms with Crippen molar-refractivity contribution in [1.82, 2.24) is 5.32 Å². The first-order valence-electron chi connectivity index (χ1n) is 7.62. The number of nitrogens with one attached hydrogen (secondary N) is 1. The summed E-state index contributed by atoms with van der Waals surface area (Å²) in [5, 5.41) is 3.77. The van der Waals surface area contributed by atoms with Crippen LogP contribution in [0.15, 0.2) is 24.3 Å². The van der Waals surface area contributed by atoms with Gasteiger partial charge in [-0.2, -0.15) is 0 Å². The van der Waals surface area contributed by atoms with Crippen molar-refractivity contribution in [2.75, 3.05) is 0 Å². The summed E-state index contributed by atoms with van der Waals surface area (Å²) in [5.41, 5.74) is 2.94. The predicted molar refractivity (Wildman–Crippen MR) is 79.0 cm³/mol. The van der Waals surface area contributed by atoms with Gasteiger partial charge in [0.1, 0.15) is 0 Å². The fraction of sp³-hybridized carbons (Fsp3) is 0.647. The minimum atomic E-state index is 0.602. The maximum absolute atomic E-state index is 3.77. The Labute approximate surface area is 112 Å². The summed E-state index contributed by atoms with van der Waals surface area (Å²) >= 11 is 0. The fourth-order valence-corrected chi connectivity index (χ4v) is 3.04. The van der Waals surface area contributed by atoms with Crippen molar-refractivity contribution < 1.29 is 0 Å². The van der Waals surface area contributed by atoms with Gasteiger partial charge in [0.05, 0.1) is 0 Å². The summed E-state index contributed by atoms with van der Waals surface area (Å²) in [6.07, 6.45) is 9.17. The summed E-state index contributed by atoms with van der Waals surface area (Å²) in [6, 6.07) is 10.6. The Balaban J connectivity index is 1.80. The molecule has 0 bridgehead atoms. The molecule has 0 heterocycles. The number of hydrogen-bond donors (Lipinski definition) is 1. The lowest BCUT2D eigenvalue weighted by molar-refractivity contribution is 0.448. The van der Waals surface area contributed by atoms with Gasteiger partial charge in [0.15, 0.2) is 0 Å². The molecule has 1 unspecified atom stereocenters. The van der Waals surface area contributed by atoms with Crippen molar-refractivity contribution in [2.24, 2.45) is 0 Å². The van der Waals surface area contributed by atoms with E-state index in [2.05, 4.69) is 43.4 Å². The van der Waals surface area contributed by atoms with Crippen LogP contribution >= 0.6 is 0 Å². The van der Waals surface area contributed by atoms with E-state index in [1.807, 2.05) is 0 Å². The molecule has 18 heavy (non-hydrogen) atoms. The summed E-state index contributed by atoms with van der Waals surface area (Å²) < 4.78 is 0. The third-order valence-electron chi connectivity index (χ3n) is 3.98. The standard InChI is InChI=1S/C17H27N/c1-3-6-15-9-11-16(12-10-15)13-14(2)18-17-7-4-5-8-17/h9-12,14,17-18H,3-8,13H2,1-2H3. The zero-order chi connectivity index (χ0) is 12.8. The zero-order valence-electron chi connectivity index (χ0n) is 11.9. The van der Waals surface area contributed by atoms with E-state index in [0.717, 1.165) is 12.5 Å². The number of benzene rings is 1. The van der Waals surface area contributed by atoms with Crippen LogP contribution in [0.4, 0.5) is 0 Å². The molecule has 100 valence electrons. The van der Waals surface area contributed by atoms with Gasteiger partial charge in [-0.15, -0.1) is 0 Å². The lowest BCUT2D eigenvalue weighted by Crippen LogP contribution is -2.35. The van der Waals surface area contributed by atoms with Crippen LogP contribution in [0.5, 0.6) is 0 Å². The van der Waals surface area contributed by atoms with E-state index in [1.54, 1.807) is 0 Å². The second-order valence-electron chi connectivity index (χ2n) is 5.82. The minimum absolute atomic E-state index is 0.602. The van der Waals surface area contributed by atoms with E-state index in [4.69, 9.17) is 0 Å². The molecule has 1 aliphatic carbocycles. The van der Waals surface area contributed by atoms with Gasteiger partial charge < -0.3 is 5.32 Å². The second kappa shape index (κ2) is 6.94. The zero-order valence-corrected chi connectivity index (χ0v) is 11.9. The average molecular weight is 245 g/mol. The Morgan fingerprint density at radius 2 is 1.72 bits per heavy atom. The SMILES string of the molecule is CCCc1ccc(CC(C)NC2CCCC2)cc1. The van der Waals surface area contributed by atoms with Crippen molar-refractivity contribution in [1.29, 1.82) is 0 Å². The summed E-state index contributed by atoms with van der Waals surface area (Å²) in [7, 11) is 0. The molecule has 1 aliphatic rings. The third-order valence-corrected chi connectivity index (χ3v) is 3.98. The highest BCUT2D eigenvalue weighted by molar-refractivity contribution is 5.23. The highest BCUT2D eigenvalue weighted by Crippen LogP contribution is 2.18. The van der Waals surface area contributed by atoms with Crippen molar-refractivity contribution in [3.05, 3.63) is 35.4 Å². The fourth-order valence-electron chi connectivity index (χ4n) is 3.04. The van der Waals surface area contributed by atoms with E-state index < -0.39 is 0 Å². The molecule has 1 saturated carbocycles. The highest BCUT2D eigenvalue weighted by Gasteiger charge is 2.16. The molecule has 1 atom stereocenters. The Kier molecular flexibility index (Phi) is 5.25. The lowest BCUT2D eigenvalue weighted by atomic mass is 10.0. The molecule has 1 nitrogen and oxygen atoms in total. The van der Waals surface area contributed by atoms with E-state index >= 15 is 0 Å². The monoisotopic (exact) mass is 245 g/mol. The van der Waals surface area contributed by atoms with Gasteiger partial charge in [-0.25, -0.2) is 0 Å². The van der Waals surface area contributed by atoms with Crippen LogP contribution in [0.3, 0.4) is 0 Å². The predicted octanol–water partition coefficient (Wildman–Crippen LogP) is 4.10. The van der Waals surface area contributed by atoms with Gasteiger partial charge in [-0.3, -0.25) is 0 Å². The molecule has 1 aromatic rings. The molecular weight excluding hydrogens is 218 g/mol. The Morgan fingerprint density at radius 1 is 1.11 bits per heavy atom. The Bertz CT molecular complexity index is 335. The Hall–Kier alpha value is -0.820. The van der Waals surface area contributed by atoms with Crippen LogP contribution in [0.2, 0.25) is 0 Å². The van der Waals surface area contributed by atoms with Gasteiger partial charge >= 0.3 is 0 Å². The lowest BCUT2D eigenvalue weighted by Gasteiger charge is -2.19. The smallest absolute Gasteiger partial charge is 0.00817 e. The molecule has 0 aromatic heterocycles. The molecule has 1 aromatic carbocycles. The first-order valence-corrected chi connectivity index (χ1v) is 7.62. The van der Waals surface area contributed by atoms with Crippen LogP contribution in [0, 0.1) is 0 Å². The summed E-state index contributed by atoms with van der Waals surface area (Å²) in [4.78, 5) is 0. The maximum Gasteiger partial charge on any atom is 0.00817 e. The first-order chi connectivity index (χ1) is 8.78. The van der Waals surface area contributed by atoms with Crippen LogP contribution in [-0.2, 0) is 12.8 Å². The topological polar surface area (TPSA) is 12.0 Å². The Morgan fingerprint density at radius 3 is 2.33 bits per heavy atom. The van der Waals surface area contributed by atoms with E-state index in [1.165, 1.54) is 49.7 Å². The van der Waals surface area contributed by atoms with Crippen LogP contribution in [-0.4, -0.2) is 12.1 Å². The molecular formula is C17H27N. The molecule has 0 spiro atoms. The molecule has 1 fully saturated rings. The maximum atomic E-state index is 3.77. The van der Waals surface area contributed by atoms with E-state index in [0.29, 0.717) is 6.04 Å². The van der Waals surface area contributed by atoms with E-state index in [9.17, 15) is 0 Å². The average Bonchev–Trinajstić information content (AvgIpc) is 2.84. The second-order valence-corrected chi connectivity index (χ2v) is 5.82. The van der Waals surface area contributed by atoms with E-state index in [-0.39, 0.29) is 0 Å². The summed E-state index contributed by atoms with van der Waals surface area (Å²) in [5.74, 6) is 0. The number of hydrogen-bond acceptors (Lipinski definition) is 1. The third kappa shape index (κ3) is 4.13. The van der Waals surface area contributed by atoms with Gasteiger partial charge in [-0.05, 0) is 43.7 Å². The molecule has 0 radical (unpaired) electrons. The molecule has 0 saturated heterocycles.